The number of nitrogens with one attached hydrogen (secondary N) is 1. The van der Waals surface area contributed by atoms with E-state index in [0.717, 1.165) is 5.69 Å². The molecule has 0 radical (unpaired) electrons. The third-order valence-corrected chi connectivity index (χ3v) is 2.40. The number of hydrogen-bond acceptors (Lipinski definition) is 5. The van der Waals surface area contributed by atoms with Gasteiger partial charge in [-0.1, -0.05) is 18.2 Å². The van der Waals surface area contributed by atoms with E-state index in [0.29, 0.717) is 17.1 Å². The maximum atomic E-state index is 10.7. The highest BCUT2D eigenvalue weighted by atomic mass is 16.3. The quantitative estimate of drug-likeness (QED) is 0.556. The van der Waals surface area contributed by atoms with Gasteiger partial charge in [0.1, 0.15) is 5.69 Å². The average molecular weight is 228 g/mol. The second-order valence-electron chi connectivity index (χ2n) is 3.54. The lowest BCUT2D eigenvalue weighted by atomic mass is 10.2. The number of para-hydroxylation sites is 1. The molecule has 0 aliphatic rings. The molecule has 2 rings (SSSR count). The Bertz CT molecular complexity index is 540. The van der Waals surface area contributed by atoms with Gasteiger partial charge in [0.05, 0.1) is 17.1 Å². The van der Waals surface area contributed by atoms with Crippen molar-refractivity contribution in [3.63, 3.8) is 0 Å². The lowest BCUT2D eigenvalue weighted by molar-refractivity contribution is 1.46. The lowest BCUT2D eigenvalue weighted by Crippen LogP contribution is -2.00. The molecule has 5 nitrogen and oxygen atoms in total. The van der Waals surface area contributed by atoms with Gasteiger partial charge >= 0.3 is 0 Å². The molecule has 5 heteroatoms. The number of nitrogens with zero attached hydrogens (tertiary/aromatic N) is 1. The fourth-order valence-corrected chi connectivity index (χ4v) is 1.50. The summed E-state index contributed by atoms with van der Waals surface area (Å²) >= 11 is 0. The van der Waals surface area contributed by atoms with Crippen LogP contribution in [0.5, 0.6) is 0 Å². The Balaban J connectivity index is 2.44. The van der Waals surface area contributed by atoms with Gasteiger partial charge in [0, 0.05) is 5.69 Å². The largest absolute Gasteiger partial charge is 0.397 e. The fourth-order valence-electron chi connectivity index (χ4n) is 1.50. The van der Waals surface area contributed by atoms with Gasteiger partial charge in [-0.05, 0) is 29.4 Å². The van der Waals surface area contributed by atoms with E-state index in [1.807, 2.05) is 30.3 Å². The standard InChI is InChI=1S/C12H12N4O/c13-9-6-7-10(16-17)12(11(9)14)15-8-4-2-1-3-5-8/h1-7,15H,13-14H2. The lowest BCUT2D eigenvalue weighted by Gasteiger charge is -2.12. The van der Waals surface area contributed by atoms with Crippen LogP contribution in [0.3, 0.4) is 0 Å². The highest BCUT2D eigenvalue weighted by Gasteiger charge is 2.10. The molecule has 0 unspecified atom stereocenters. The first kappa shape index (κ1) is 10.9. The molecule has 0 aliphatic heterocycles. The molecule has 0 bridgehead atoms. The van der Waals surface area contributed by atoms with Crippen molar-refractivity contribution < 1.29 is 0 Å². The fraction of sp³-hybridized carbons (Fsp3) is 0. The summed E-state index contributed by atoms with van der Waals surface area (Å²) < 4.78 is 0. The van der Waals surface area contributed by atoms with Crippen LogP contribution in [0.15, 0.2) is 47.6 Å². The molecule has 0 heterocycles. The Morgan fingerprint density at radius 2 is 1.71 bits per heavy atom. The Morgan fingerprint density at radius 1 is 1.00 bits per heavy atom. The van der Waals surface area contributed by atoms with Crippen molar-refractivity contribution in [3.8, 4) is 0 Å². The molecule has 86 valence electrons. The summed E-state index contributed by atoms with van der Waals surface area (Å²) in [5, 5.41) is 5.95. The van der Waals surface area contributed by atoms with Crippen LogP contribution in [-0.2, 0) is 0 Å². The van der Waals surface area contributed by atoms with E-state index < -0.39 is 0 Å². The van der Waals surface area contributed by atoms with Crippen molar-refractivity contribution in [1.29, 1.82) is 0 Å². The molecular weight excluding hydrogens is 216 g/mol. The van der Waals surface area contributed by atoms with Gasteiger partial charge in [0.25, 0.3) is 0 Å². The molecule has 2 aromatic carbocycles. The Morgan fingerprint density at radius 3 is 2.35 bits per heavy atom. The minimum Gasteiger partial charge on any atom is -0.397 e. The first-order valence-electron chi connectivity index (χ1n) is 5.05. The summed E-state index contributed by atoms with van der Waals surface area (Å²) in [5.74, 6) is 0. The molecule has 0 saturated heterocycles. The van der Waals surface area contributed by atoms with Crippen molar-refractivity contribution in [2.75, 3.05) is 16.8 Å². The monoisotopic (exact) mass is 228 g/mol. The SMILES string of the molecule is Nc1ccc(N=O)c(Nc2ccccc2)c1N. The van der Waals surface area contributed by atoms with Crippen LogP contribution in [0.25, 0.3) is 0 Å². The smallest absolute Gasteiger partial charge is 0.133 e. The molecule has 0 amide bonds. The molecule has 0 fully saturated rings. The van der Waals surface area contributed by atoms with Gasteiger partial charge in [-0.3, -0.25) is 0 Å². The van der Waals surface area contributed by atoms with Crippen LogP contribution >= 0.6 is 0 Å². The van der Waals surface area contributed by atoms with Gasteiger partial charge in [0.15, 0.2) is 0 Å². The molecule has 5 N–H and O–H groups in total. The topological polar surface area (TPSA) is 93.5 Å². The van der Waals surface area contributed by atoms with Crippen LogP contribution in [0, 0.1) is 4.91 Å². The minimum absolute atomic E-state index is 0.237. The van der Waals surface area contributed by atoms with E-state index in [4.69, 9.17) is 11.5 Å². The number of rotatable bonds is 3. The predicted octanol–water partition coefficient (Wildman–Crippen LogP) is 2.99. The maximum absolute atomic E-state index is 10.7. The van der Waals surface area contributed by atoms with Crippen molar-refractivity contribution in [2.45, 2.75) is 0 Å². The van der Waals surface area contributed by atoms with E-state index in [9.17, 15) is 4.91 Å². The van der Waals surface area contributed by atoms with Crippen molar-refractivity contribution in [3.05, 3.63) is 47.4 Å². The van der Waals surface area contributed by atoms with Crippen LogP contribution in [0.2, 0.25) is 0 Å². The van der Waals surface area contributed by atoms with Crippen molar-refractivity contribution in [1.82, 2.24) is 0 Å². The molecule has 0 aliphatic carbocycles. The van der Waals surface area contributed by atoms with E-state index in [2.05, 4.69) is 10.5 Å². The summed E-state index contributed by atoms with van der Waals surface area (Å²) in [7, 11) is 0. The van der Waals surface area contributed by atoms with Gasteiger partial charge in [-0.15, -0.1) is 4.91 Å². The van der Waals surface area contributed by atoms with Crippen LogP contribution in [-0.4, -0.2) is 0 Å². The van der Waals surface area contributed by atoms with E-state index in [-0.39, 0.29) is 5.69 Å². The third-order valence-electron chi connectivity index (χ3n) is 2.40. The van der Waals surface area contributed by atoms with Gasteiger partial charge in [0.2, 0.25) is 0 Å². The first-order chi connectivity index (χ1) is 8.22. The van der Waals surface area contributed by atoms with E-state index >= 15 is 0 Å². The molecule has 2 aromatic rings. The van der Waals surface area contributed by atoms with Crippen molar-refractivity contribution in [2.24, 2.45) is 5.18 Å². The van der Waals surface area contributed by atoms with Gasteiger partial charge < -0.3 is 16.8 Å². The van der Waals surface area contributed by atoms with E-state index in [1.165, 1.54) is 6.07 Å². The predicted molar refractivity (Wildman–Crippen MR) is 70.4 cm³/mol. The highest BCUT2D eigenvalue weighted by molar-refractivity contribution is 5.90. The van der Waals surface area contributed by atoms with Gasteiger partial charge in [-0.25, -0.2) is 0 Å². The molecule has 0 saturated carbocycles. The zero-order valence-corrected chi connectivity index (χ0v) is 9.05. The molecular formula is C12H12N4O. The number of nitrogens with two attached hydrogens (primary N) is 2. The number of hydrogen-bond donors (Lipinski definition) is 3. The van der Waals surface area contributed by atoms with Gasteiger partial charge in [-0.2, -0.15) is 0 Å². The highest BCUT2D eigenvalue weighted by Crippen LogP contribution is 2.36. The minimum atomic E-state index is 0.237. The normalized spacial score (nSPS) is 9.88. The second-order valence-corrected chi connectivity index (χ2v) is 3.54. The summed E-state index contributed by atoms with van der Waals surface area (Å²) in [5.41, 5.74) is 13.7. The third kappa shape index (κ3) is 2.17. The Hall–Kier alpha value is -2.56. The van der Waals surface area contributed by atoms with Crippen molar-refractivity contribution >= 4 is 28.4 Å². The summed E-state index contributed by atoms with van der Waals surface area (Å²) in [6.45, 7) is 0. The average Bonchev–Trinajstić information content (AvgIpc) is 2.37. The second kappa shape index (κ2) is 4.52. The molecule has 0 aromatic heterocycles. The zero-order valence-electron chi connectivity index (χ0n) is 9.05. The zero-order chi connectivity index (χ0) is 12.3. The Kier molecular flexibility index (Phi) is 2.91. The van der Waals surface area contributed by atoms with Crippen LogP contribution in [0.4, 0.5) is 28.4 Å². The molecule has 17 heavy (non-hydrogen) atoms. The molecule has 0 atom stereocenters. The number of benzene rings is 2. The summed E-state index contributed by atoms with van der Waals surface area (Å²) in [6, 6.07) is 12.4. The van der Waals surface area contributed by atoms with E-state index in [1.54, 1.807) is 6.07 Å². The maximum Gasteiger partial charge on any atom is 0.133 e. The number of nitroso groups, excluding NO2 is 1. The number of anilines is 4. The number of nitrogen functional groups attached to an aromatic ring is 2. The molecule has 0 spiro atoms. The Labute approximate surface area is 98.4 Å². The summed E-state index contributed by atoms with van der Waals surface area (Å²) in [4.78, 5) is 10.7. The first-order valence-corrected chi connectivity index (χ1v) is 5.05. The van der Waals surface area contributed by atoms with Crippen LogP contribution < -0.4 is 16.8 Å². The summed E-state index contributed by atoms with van der Waals surface area (Å²) in [6.07, 6.45) is 0. The van der Waals surface area contributed by atoms with Crippen LogP contribution in [0.1, 0.15) is 0 Å².